The molecule has 6 heteroatoms. The Kier molecular flexibility index (Phi) is 4.14. The van der Waals surface area contributed by atoms with E-state index in [1.54, 1.807) is 19.2 Å². The maximum Gasteiger partial charge on any atom is 0.270 e. The quantitative estimate of drug-likeness (QED) is 0.913. The zero-order valence-corrected chi connectivity index (χ0v) is 13.0. The Morgan fingerprint density at radius 2 is 2.17 bits per heavy atom. The minimum absolute atomic E-state index is 0.175. The van der Waals surface area contributed by atoms with E-state index in [1.165, 1.54) is 12.1 Å². The second-order valence-electron chi connectivity index (χ2n) is 5.59. The first-order valence-electron chi connectivity index (χ1n) is 7.46. The lowest BCUT2D eigenvalue weighted by molar-refractivity contribution is 0.0956. The van der Waals surface area contributed by atoms with E-state index in [4.69, 9.17) is 4.74 Å². The highest BCUT2D eigenvalue weighted by molar-refractivity contribution is 5.94. The Labute approximate surface area is 133 Å². The number of carbonyl (C=O) groups excluding carboxylic acids is 1. The van der Waals surface area contributed by atoms with E-state index in [9.17, 15) is 9.18 Å². The number of ether oxygens (including phenoxy) is 1. The summed E-state index contributed by atoms with van der Waals surface area (Å²) in [7, 11) is 1.56. The summed E-state index contributed by atoms with van der Waals surface area (Å²) in [4.78, 5) is 16.5. The third-order valence-corrected chi connectivity index (χ3v) is 3.69. The van der Waals surface area contributed by atoms with Gasteiger partial charge in [-0.3, -0.25) is 4.79 Å². The van der Waals surface area contributed by atoms with Crippen LogP contribution in [0.5, 0.6) is 5.88 Å². The first kappa shape index (κ1) is 15.3. The largest absolute Gasteiger partial charge is 0.474 e. The van der Waals surface area contributed by atoms with Crippen LogP contribution in [0.25, 0.3) is 0 Å². The number of aromatic nitrogens is 1. The van der Waals surface area contributed by atoms with Crippen molar-refractivity contribution in [3.63, 3.8) is 0 Å². The number of hydrogen-bond acceptors (Lipinski definition) is 4. The normalized spacial score (nSPS) is 16.0. The van der Waals surface area contributed by atoms with Gasteiger partial charge in [0.25, 0.3) is 5.91 Å². The average Bonchev–Trinajstić information content (AvgIpc) is 2.55. The summed E-state index contributed by atoms with van der Waals surface area (Å²) in [5, 5.41) is 5.89. The molecule has 2 heterocycles. The maximum atomic E-state index is 13.1. The van der Waals surface area contributed by atoms with Crippen molar-refractivity contribution in [3.05, 3.63) is 53.0 Å². The molecule has 1 aromatic heterocycles. The molecule has 23 heavy (non-hydrogen) atoms. The third-order valence-electron chi connectivity index (χ3n) is 3.69. The summed E-state index contributed by atoms with van der Waals surface area (Å²) in [5.41, 5.74) is 2.77. The summed E-state index contributed by atoms with van der Waals surface area (Å²) in [5.74, 6) is -0.121. The molecule has 1 amide bonds. The van der Waals surface area contributed by atoms with E-state index in [0.29, 0.717) is 24.6 Å². The first-order valence-corrected chi connectivity index (χ1v) is 7.46. The monoisotopic (exact) mass is 315 g/mol. The van der Waals surface area contributed by atoms with Gasteiger partial charge < -0.3 is 15.4 Å². The predicted octanol–water partition coefficient (Wildman–Crippen LogP) is 2.36. The number of amides is 1. The molecule has 0 saturated heterocycles. The summed E-state index contributed by atoms with van der Waals surface area (Å²) in [6, 6.07) is 8.28. The second kappa shape index (κ2) is 6.24. The SMILES string of the molecule is CNC(=O)c1nc2c(cc1Cc1ccc(F)cc1)NC(C)CO2. The van der Waals surface area contributed by atoms with Crippen molar-refractivity contribution in [2.75, 3.05) is 19.0 Å². The highest BCUT2D eigenvalue weighted by atomic mass is 19.1. The molecule has 2 aromatic rings. The zero-order chi connectivity index (χ0) is 16.4. The molecule has 0 bridgehead atoms. The van der Waals surface area contributed by atoms with Crippen LogP contribution in [0.1, 0.15) is 28.5 Å². The molecule has 0 radical (unpaired) electrons. The maximum absolute atomic E-state index is 13.1. The zero-order valence-electron chi connectivity index (χ0n) is 13.0. The Morgan fingerprint density at radius 1 is 1.43 bits per heavy atom. The summed E-state index contributed by atoms with van der Waals surface area (Å²) in [6.45, 7) is 2.51. The Morgan fingerprint density at radius 3 is 2.87 bits per heavy atom. The molecule has 0 spiro atoms. The Bertz CT molecular complexity index is 731. The number of nitrogens with one attached hydrogen (secondary N) is 2. The molecule has 3 rings (SSSR count). The lowest BCUT2D eigenvalue weighted by Gasteiger charge is -2.25. The molecule has 2 N–H and O–H groups in total. The van der Waals surface area contributed by atoms with Crippen LogP contribution in [0.3, 0.4) is 0 Å². The standard InChI is InChI=1S/C17H18FN3O2/c1-10-9-23-17-14(20-10)8-12(15(21-17)16(22)19-2)7-11-3-5-13(18)6-4-11/h3-6,8,10,20H,7,9H2,1-2H3,(H,19,22). The van der Waals surface area contributed by atoms with E-state index >= 15 is 0 Å². The van der Waals surface area contributed by atoms with E-state index in [2.05, 4.69) is 15.6 Å². The molecule has 1 aliphatic heterocycles. The van der Waals surface area contributed by atoms with Gasteiger partial charge in [0.05, 0.1) is 11.7 Å². The van der Waals surface area contributed by atoms with Crippen LogP contribution in [-0.4, -0.2) is 30.6 Å². The third kappa shape index (κ3) is 3.26. The van der Waals surface area contributed by atoms with Crippen molar-refractivity contribution in [3.8, 4) is 5.88 Å². The minimum Gasteiger partial charge on any atom is -0.474 e. The van der Waals surface area contributed by atoms with Gasteiger partial charge in [-0.05, 0) is 42.7 Å². The number of fused-ring (bicyclic) bond motifs is 1. The predicted molar refractivity (Wildman–Crippen MR) is 85.4 cm³/mol. The Balaban J connectivity index is 2.00. The van der Waals surface area contributed by atoms with Crippen molar-refractivity contribution in [2.24, 2.45) is 0 Å². The van der Waals surface area contributed by atoms with Crippen LogP contribution >= 0.6 is 0 Å². The van der Waals surface area contributed by atoms with Crippen molar-refractivity contribution in [1.82, 2.24) is 10.3 Å². The fraction of sp³-hybridized carbons (Fsp3) is 0.294. The van der Waals surface area contributed by atoms with Gasteiger partial charge in [-0.1, -0.05) is 12.1 Å². The number of benzene rings is 1. The molecule has 0 saturated carbocycles. The number of pyridine rings is 1. The molecule has 1 unspecified atom stereocenters. The van der Waals surface area contributed by atoms with Crippen LogP contribution in [0.15, 0.2) is 30.3 Å². The van der Waals surface area contributed by atoms with Crippen molar-refractivity contribution < 1.29 is 13.9 Å². The van der Waals surface area contributed by atoms with Crippen molar-refractivity contribution in [1.29, 1.82) is 0 Å². The summed E-state index contributed by atoms with van der Waals surface area (Å²) < 4.78 is 18.6. The van der Waals surface area contributed by atoms with Crippen LogP contribution in [0.2, 0.25) is 0 Å². The van der Waals surface area contributed by atoms with Crippen molar-refractivity contribution >= 4 is 11.6 Å². The fourth-order valence-corrected chi connectivity index (χ4v) is 2.53. The molecule has 1 atom stereocenters. The van der Waals surface area contributed by atoms with Gasteiger partial charge in [0.2, 0.25) is 5.88 Å². The number of anilines is 1. The lowest BCUT2D eigenvalue weighted by Crippen LogP contribution is -2.30. The number of carbonyl (C=O) groups is 1. The van der Waals surface area contributed by atoms with Gasteiger partial charge in [0, 0.05) is 7.05 Å². The fourth-order valence-electron chi connectivity index (χ4n) is 2.53. The molecule has 120 valence electrons. The first-order chi connectivity index (χ1) is 11.1. The minimum atomic E-state index is -0.285. The van der Waals surface area contributed by atoms with Crippen LogP contribution in [0.4, 0.5) is 10.1 Å². The molecular formula is C17H18FN3O2. The highest BCUT2D eigenvalue weighted by Crippen LogP contribution is 2.30. The van der Waals surface area contributed by atoms with Crippen molar-refractivity contribution in [2.45, 2.75) is 19.4 Å². The highest BCUT2D eigenvalue weighted by Gasteiger charge is 2.22. The van der Waals surface area contributed by atoms with Gasteiger partial charge in [0.15, 0.2) is 0 Å². The molecule has 1 aromatic carbocycles. The smallest absolute Gasteiger partial charge is 0.270 e. The van der Waals surface area contributed by atoms with Gasteiger partial charge in [-0.2, -0.15) is 0 Å². The summed E-state index contributed by atoms with van der Waals surface area (Å²) >= 11 is 0. The van der Waals surface area contributed by atoms with E-state index in [-0.39, 0.29) is 17.8 Å². The topological polar surface area (TPSA) is 63.2 Å². The molecule has 0 fully saturated rings. The van der Waals surface area contributed by atoms with E-state index in [1.807, 2.05) is 13.0 Å². The molecule has 1 aliphatic rings. The molecular weight excluding hydrogens is 297 g/mol. The van der Waals surface area contributed by atoms with E-state index < -0.39 is 0 Å². The number of hydrogen-bond donors (Lipinski definition) is 2. The number of halogens is 1. The number of nitrogens with zero attached hydrogens (tertiary/aromatic N) is 1. The van der Waals surface area contributed by atoms with E-state index in [0.717, 1.165) is 16.8 Å². The Hall–Kier alpha value is -2.63. The number of rotatable bonds is 3. The van der Waals surface area contributed by atoms with Crippen LogP contribution in [-0.2, 0) is 6.42 Å². The van der Waals surface area contributed by atoms with Crippen LogP contribution in [0, 0.1) is 5.82 Å². The molecule has 5 nitrogen and oxygen atoms in total. The van der Waals surface area contributed by atoms with Gasteiger partial charge >= 0.3 is 0 Å². The van der Waals surface area contributed by atoms with Gasteiger partial charge in [-0.25, -0.2) is 9.37 Å². The van der Waals surface area contributed by atoms with Gasteiger partial charge in [-0.15, -0.1) is 0 Å². The second-order valence-corrected chi connectivity index (χ2v) is 5.59. The van der Waals surface area contributed by atoms with Gasteiger partial charge in [0.1, 0.15) is 18.1 Å². The van der Waals surface area contributed by atoms with Crippen LogP contribution < -0.4 is 15.4 Å². The summed E-state index contributed by atoms with van der Waals surface area (Å²) in [6.07, 6.45) is 0.485. The average molecular weight is 315 g/mol. The lowest BCUT2D eigenvalue weighted by atomic mass is 10.0. The molecule has 0 aliphatic carbocycles.